The molecule has 4 aromatic carbocycles. The van der Waals surface area contributed by atoms with Gasteiger partial charge in [0.25, 0.3) is 0 Å². The Labute approximate surface area is 227 Å². The molecule has 6 nitrogen and oxygen atoms in total. The summed E-state index contributed by atoms with van der Waals surface area (Å²) in [6, 6.07) is 25.6. The van der Waals surface area contributed by atoms with E-state index in [0.717, 1.165) is 32.3 Å². The first-order valence-electron chi connectivity index (χ1n) is 11.7. The van der Waals surface area contributed by atoms with Crippen LogP contribution in [0.15, 0.2) is 105 Å². The molecule has 0 unspecified atom stereocenters. The molecule has 2 heterocycles. The maximum absolute atomic E-state index is 13.7. The highest BCUT2D eigenvalue weighted by Gasteiger charge is 2.26. The second kappa shape index (κ2) is 9.55. The second-order valence-corrected chi connectivity index (χ2v) is 11.9. The zero-order valence-corrected chi connectivity index (χ0v) is 22.3. The topological polar surface area (TPSA) is 59.1 Å². The average Bonchev–Trinajstić information content (AvgIpc) is 2.92. The fourth-order valence-corrected chi connectivity index (χ4v) is 6.65. The first-order chi connectivity index (χ1) is 17.9. The minimum Gasteiger partial charge on any atom is -0.473 e. The van der Waals surface area contributed by atoms with Crippen molar-refractivity contribution in [2.45, 2.75) is 32.7 Å². The summed E-state index contributed by atoms with van der Waals surface area (Å²) in [4.78, 5) is 6.19. The zero-order chi connectivity index (χ0) is 25.6. The van der Waals surface area contributed by atoms with Crippen LogP contribution in [0.5, 0.6) is 11.5 Å². The summed E-state index contributed by atoms with van der Waals surface area (Å²) in [7, 11) is -3.76. The van der Waals surface area contributed by atoms with Crippen molar-refractivity contribution in [3.63, 3.8) is 0 Å². The Hall–Kier alpha value is -3.27. The number of hydrogen-bond acceptors (Lipinski definition) is 8. The van der Waals surface area contributed by atoms with E-state index < -0.39 is 9.84 Å². The highest BCUT2D eigenvalue weighted by atomic mass is 32.2. The van der Waals surface area contributed by atoms with Crippen molar-refractivity contribution in [3.8, 4) is 11.5 Å². The molecule has 9 heteroatoms. The Morgan fingerprint density at radius 3 is 1.49 bits per heavy atom. The lowest BCUT2D eigenvalue weighted by molar-refractivity contribution is 0.288. The Balaban J connectivity index is 1.29. The monoisotopic (exact) mass is 548 g/mol. The van der Waals surface area contributed by atoms with Crippen LogP contribution in [0, 0.1) is 0 Å². The third-order valence-electron chi connectivity index (χ3n) is 6.60. The van der Waals surface area contributed by atoms with Crippen LogP contribution in [0.2, 0.25) is 0 Å². The molecule has 0 amide bonds. The molecule has 0 aromatic heterocycles. The Bertz CT molecular complexity index is 1490. The molecule has 0 saturated heterocycles. The molecule has 37 heavy (non-hydrogen) atoms. The van der Waals surface area contributed by atoms with Crippen LogP contribution in [0.3, 0.4) is 0 Å². The van der Waals surface area contributed by atoms with Gasteiger partial charge in [0.05, 0.1) is 21.2 Å². The van der Waals surface area contributed by atoms with Gasteiger partial charge in [0.15, 0.2) is 13.5 Å². The largest absolute Gasteiger partial charge is 0.473 e. The molecule has 0 aliphatic carbocycles. The van der Waals surface area contributed by atoms with E-state index in [9.17, 15) is 8.42 Å². The van der Waals surface area contributed by atoms with Crippen LogP contribution < -0.4 is 19.3 Å². The van der Waals surface area contributed by atoms with E-state index in [1.807, 2.05) is 58.3 Å². The zero-order valence-electron chi connectivity index (χ0n) is 19.7. The number of fused-ring (bicyclic) bond motifs is 2. The van der Waals surface area contributed by atoms with E-state index in [-0.39, 0.29) is 9.79 Å². The van der Waals surface area contributed by atoms with E-state index in [1.165, 1.54) is 0 Å². The van der Waals surface area contributed by atoms with Gasteiger partial charge in [-0.15, -0.1) is 25.3 Å². The van der Waals surface area contributed by atoms with E-state index >= 15 is 0 Å². The summed E-state index contributed by atoms with van der Waals surface area (Å²) >= 11 is 9.11. The Morgan fingerprint density at radius 2 is 1.05 bits per heavy atom. The summed E-state index contributed by atoms with van der Waals surface area (Å²) in [6.07, 6.45) is 0. The number of para-hydroxylation sites is 2. The molecule has 6 rings (SSSR count). The van der Waals surface area contributed by atoms with Crippen molar-refractivity contribution in [2.24, 2.45) is 0 Å². The van der Waals surface area contributed by atoms with Crippen molar-refractivity contribution in [3.05, 3.63) is 96.1 Å². The first kappa shape index (κ1) is 24.1. The third kappa shape index (κ3) is 4.52. The standard InChI is InChI=1S/C28H24N2O4S3/c31-37(32,21-9-11-25-19(13-21)15-29(17-33-25)23-5-1-3-7-27(23)35)22-10-12-26-20(14-22)16-30(18-34-26)24-6-2-4-8-28(24)36/h1-14,35-36H,15-18H2. The maximum atomic E-state index is 13.7. The highest BCUT2D eigenvalue weighted by molar-refractivity contribution is 7.91. The predicted molar refractivity (Wildman–Crippen MR) is 149 cm³/mol. The molecule has 2 aliphatic rings. The van der Waals surface area contributed by atoms with Crippen molar-refractivity contribution in [1.29, 1.82) is 0 Å². The summed E-state index contributed by atoms with van der Waals surface area (Å²) in [5.74, 6) is 1.37. The molecule has 0 atom stereocenters. The first-order valence-corrected chi connectivity index (χ1v) is 14.1. The number of benzene rings is 4. The number of nitrogens with zero attached hydrogens (tertiary/aromatic N) is 2. The molecule has 4 aromatic rings. The number of ether oxygens (including phenoxy) is 2. The molecule has 188 valence electrons. The number of hydrogen-bond donors (Lipinski definition) is 2. The molecular weight excluding hydrogens is 525 g/mol. The summed E-state index contributed by atoms with van der Waals surface area (Å²) in [5.41, 5.74) is 3.49. The van der Waals surface area contributed by atoms with Crippen molar-refractivity contribution in [2.75, 3.05) is 23.3 Å². The van der Waals surface area contributed by atoms with Gasteiger partial charge in [0.2, 0.25) is 9.84 Å². The second-order valence-electron chi connectivity index (χ2n) is 8.96. The van der Waals surface area contributed by atoms with Gasteiger partial charge in [-0.2, -0.15) is 0 Å². The fraction of sp³-hybridized carbons (Fsp3) is 0.143. The van der Waals surface area contributed by atoms with Gasteiger partial charge in [0.1, 0.15) is 11.5 Å². The average molecular weight is 549 g/mol. The smallest absolute Gasteiger partial charge is 0.206 e. The lowest BCUT2D eigenvalue weighted by Crippen LogP contribution is -2.32. The Morgan fingerprint density at radius 1 is 0.622 bits per heavy atom. The fourth-order valence-electron chi connectivity index (χ4n) is 4.68. The van der Waals surface area contributed by atoms with E-state index in [1.54, 1.807) is 36.4 Å². The molecule has 0 saturated carbocycles. The maximum Gasteiger partial charge on any atom is 0.206 e. The molecule has 0 fully saturated rings. The number of sulfone groups is 1. The molecule has 0 radical (unpaired) electrons. The SMILES string of the molecule is O=S(=O)(c1ccc2c(c1)CN(c1ccccc1S)CO2)c1ccc2c(c1)CN(c1ccccc1S)CO2. The minimum absolute atomic E-state index is 0.227. The summed E-state index contributed by atoms with van der Waals surface area (Å²) in [5, 5.41) is 0. The minimum atomic E-state index is -3.76. The van der Waals surface area contributed by atoms with Gasteiger partial charge < -0.3 is 19.3 Å². The van der Waals surface area contributed by atoms with Crippen LogP contribution >= 0.6 is 25.3 Å². The van der Waals surface area contributed by atoms with E-state index in [0.29, 0.717) is 38.1 Å². The van der Waals surface area contributed by atoms with Gasteiger partial charge in [-0.05, 0) is 60.7 Å². The van der Waals surface area contributed by atoms with Crippen molar-refractivity contribution < 1.29 is 17.9 Å². The van der Waals surface area contributed by atoms with Crippen LogP contribution in [-0.2, 0) is 22.9 Å². The molecule has 2 aliphatic heterocycles. The number of thiol groups is 2. The molecule has 0 N–H and O–H groups in total. The van der Waals surface area contributed by atoms with Gasteiger partial charge in [-0.25, -0.2) is 8.42 Å². The molecular formula is C28H24N2O4S3. The Kier molecular flexibility index (Phi) is 6.22. The molecule has 0 spiro atoms. The summed E-state index contributed by atoms with van der Waals surface area (Å²) < 4.78 is 39.2. The number of rotatable bonds is 4. The quantitative estimate of drug-likeness (QED) is 0.314. The van der Waals surface area contributed by atoms with Crippen molar-refractivity contribution >= 4 is 46.5 Å². The highest BCUT2D eigenvalue weighted by Crippen LogP contribution is 2.36. The van der Waals surface area contributed by atoms with Gasteiger partial charge >= 0.3 is 0 Å². The van der Waals surface area contributed by atoms with Crippen LogP contribution in [0.1, 0.15) is 11.1 Å². The van der Waals surface area contributed by atoms with Gasteiger partial charge in [-0.1, -0.05) is 24.3 Å². The normalized spacial score (nSPS) is 14.9. The number of anilines is 2. The van der Waals surface area contributed by atoms with Gasteiger partial charge in [-0.3, -0.25) is 0 Å². The molecule has 0 bridgehead atoms. The van der Waals surface area contributed by atoms with E-state index in [2.05, 4.69) is 25.3 Å². The lowest BCUT2D eigenvalue weighted by atomic mass is 10.1. The van der Waals surface area contributed by atoms with Crippen molar-refractivity contribution in [1.82, 2.24) is 0 Å². The van der Waals surface area contributed by atoms with E-state index in [4.69, 9.17) is 9.47 Å². The summed E-state index contributed by atoms with van der Waals surface area (Å²) in [6.45, 7) is 1.78. The predicted octanol–water partition coefficient (Wildman–Crippen LogP) is 5.81. The van der Waals surface area contributed by atoms with Crippen LogP contribution in [0.25, 0.3) is 0 Å². The third-order valence-corrected chi connectivity index (χ3v) is 9.11. The lowest BCUT2D eigenvalue weighted by Gasteiger charge is -2.32. The van der Waals surface area contributed by atoms with Crippen LogP contribution in [0.4, 0.5) is 11.4 Å². The van der Waals surface area contributed by atoms with Crippen LogP contribution in [-0.4, -0.2) is 21.9 Å². The van der Waals surface area contributed by atoms with Gasteiger partial charge in [0, 0.05) is 34.0 Å².